The molecule has 36 rings (SSSR count). The lowest BCUT2D eigenvalue weighted by atomic mass is 10.0. The van der Waals surface area contributed by atoms with Gasteiger partial charge in [-0.25, -0.2) is 19.9 Å². The highest BCUT2D eigenvalue weighted by molar-refractivity contribution is 7.25. The summed E-state index contributed by atoms with van der Waals surface area (Å²) in [7, 11) is 0. The maximum absolute atomic E-state index is 6.52. The van der Waals surface area contributed by atoms with Crippen molar-refractivity contribution < 1.29 is 8.83 Å². The van der Waals surface area contributed by atoms with E-state index in [2.05, 4.69) is 445 Å². The molecule has 0 amide bonds. The van der Waals surface area contributed by atoms with Crippen LogP contribution in [0.3, 0.4) is 0 Å². The Labute approximate surface area is 848 Å². The first kappa shape index (κ1) is 80.5. The fourth-order valence-corrected chi connectivity index (χ4v) is 26.4. The smallest absolute Gasteiger partial charge is 0.233 e. The van der Waals surface area contributed by atoms with E-state index >= 15 is 0 Å². The average molecular weight is 1920 g/mol. The molecule has 149 heavy (non-hydrogen) atoms. The van der Waals surface area contributed by atoms with Gasteiger partial charge in [-0.05, 0) is 136 Å². The fourth-order valence-electron chi connectivity index (χ4n) is 25.4. The van der Waals surface area contributed by atoms with Crippen molar-refractivity contribution in [3.63, 3.8) is 0 Å². The van der Waals surface area contributed by atoms with E-state index < -0.39 is 0 Å². The van der Waals surface area contributed by atoms with E-state index in [0.717, 1.165) is 127 Å². The third kappa shape index (κ3) is 11.2. The van der Waals surface area contributed by atoms with Crippen molar-refractivity contribution in [2.24, 2.45) is 0 Å². The molecule has 0 aliphatic rings. The molecule has 0 fully saturated rings. The first-order valence-corrected chi connectivity index (χ1v) is 51.3. The number of hydrogen-bond donors (Lipinski definition) is 0. The summed E-state index contributed by atoms with van der Waals surface area (Å²) in [4.78, 5) is 32.9. The Morgan fingerprint density at radius 2 is 0.463 bits per heavy atom. The standard InChI is InChI=1S/C46H26N4O.C44H24N4O.C44H24N4S/c1-2-12-27(13-3-1)28-22-24-29(25-23-28)44-47-45(42-33-17-7-11-21-39(33)51-46(42)48-44)50-37-20-10-5-15-31(37)40-38(50)26-34-30-14-4-8-18-35(30)49-36-19-9-6-16-32(36)41(40)43(34)49;2*1-2-12-26-23-27(22-21-25(26)11-1)42-45-43(40-31-16-6-10-20-37(31)49-44(40)46-42)48-35-19-9-4-14-29(35)38-36(48)24-32-28-13-3-7-17-33(28)47-34-18-8-5-15-30(34)39(38)41(32)47/h1-26H;2*1-24H. The molecule has 15 aromatic heterocycles. The largest absolute Gasteiger partial charge is 0.437 e. The molecular formula is C134H74N12O2S. The van der Waals surface area contributed by atoms with E-state index in [9.17, 15) is 0 Å². The molecule has 0 aliphatic heterocycles. The van der Waals surface area contributed by atoms with Gasteiger partial charge in [0.15, 0.2) is 34.9 Å². The van der Waals surface area contributed by atoms with Crippen LogP contribution in [0.2, 0.25) is 0 Å². The molecular weight excluding hydrogens is 1840 g/mol. The molecule has 0 aliphatic carbocycles. The molecule has 0 saturated heterocycles. The highest BCUT2D eigenvalue weighted by Gasteiger charge is 2.33. The van der Waals surface area contributed by atoms with Crippen molar-refractivity contribution in [1.82, 2.24) is 56.8 Å². The normalized spacial score (nSPS) is 12.4. The molecule has 0 unspecified atom stereocenters. The summed E-state index contributed by atoms with van der Waals surface area (Å²) in [5, 5.41) is 33.1. The van der Waals surface area contributed by atoms with Crippen LogP contribution in [0.4, 0.5) is 0 Å². The van der Waals surface area contributed by atoms with Gasteiger partial charge >= 0.3 is 0 Å². The van der Waals surface area contributed by atoms with Crippen LogP contribution >= 0.6 is 11.3 Å². The molecule has 688 valence electrons. The number of para-hydroxylation sites is 11. The number of fused-ring (bicyclic) bond motifs is 41. The first-order valence-electron chi connectivity index (χ1n) is 50.5. The minimum absolute atomic E-state index is 0.571. The summed E-state index contributed by atoms with van der Waals surface area (Å²) < 4.78 is 28.7. The SMILES string of the molecule is c1ccc(-c2ccc(-c3nc(-n4c5ccccc5c5c6c7ccccc7n7c8ccccc8c(cc54)c67)c4c(n3)oc3ccccc34)cc2)cc1.c1ccc2cc(-c3nc(-n4c5ccccc5c5c6c7ccccc7n7c8ccccc8c(cc54)c67)c4c(n3)oc3ccccc34)ccc2c1.c1ccc2cc(-c3nc(-n4c5ccccc5c5c6c7ccccc7n7c8ccccc8c(cc54)c67)c4c(n3)sc3ccccc34)ccc2c1. The van der Waals surface area contributed by atoms with Gasteiger partial charge in [-0.1, -0.05) is 346 Å². The van der Waals surface area contributed by atoms with Gasteiger partial charge in [-0.2, -0.15) is 9.97 Å². The second-order valence-electron chi connectivity index (χ2n) is 39.3. The average Bonchev–Trinajstić information content (AvgIpc) is 1.52. The minimum Gasteiger partial charge on any atom is -0.437 e. The van der Waals surface area contributed by atoms with Gasteiger partial charge in [0.2, 0.25) is 11.4 Å². The predicted molar refractivity (Wildman–Crippen MR) is 617 cm³/mol. The Hall–Kier alpha value is -20.0. The second kappa shape index (κ2) is 30.3. The molecule has 0 saturated carbocycles. The van der Waals surface area contributed by atoms with Crippen molar-refractivity contribution in [1.29, 1.82) is 0 Å². The molecule has 36 aromatic rings. The topological polar surface area (TPSA) is 132 Å². The summed E-state index contributed by atoms with van der Waals surface area (Å²) in [6, 6.07) is 160. The predicted octanol–water partition coefficient (Wildman–Crippen LogP) is 35.3. The highest BCUT2D eigenvalue weighted by atomic mass is 32.1. The Balaban J connectivity index is 0.0000000953. The number of hydrogen-bond acceptors (Lipinski definition) is 9. The number of nitrogens with zero attached hydrogens (tertiary/aromatic N) is 12. The molecule has 0 radical (unpaired) electrons. The molecule has 15 heterocycles. The fraction of sp³-hybridized carbons (Fsp3) is 0. The minimum atomic E-state index is 0.571. The van der Waals surface area contributed by atoms with Crippen molar-refractivity contribution in [2.75, 3.05) is 0 Å². The van der Waals surface area contributed by atoms with Gasteiger partial charge in [0.05, 0.1) is 98.9 Å². The van der Waals surface area contributed by atoms with Gasteiger partial charge in [0.1, 0.15) is 16.0 Å². The molecule has 0 N–H and O–H groups in total. The quantitative estimate of drug-likeness (QED) is 0.154. The summed E-state index contributed by atoms with van der Waals surface area (Å²) >= 11 is 1.74. The maximum atomic E-state index is 6.52. The van der Waals surface area contributed by atoms with E-state index in [4.69, 9.17) is 38.7 Å². The van der Waals surface area contributed by atoms with E-state index in [1.807, 2.05) is 30.3 Å². The molecule has 14 nitrogen and oxygen atoms in total. The van der Waals surface area contributed by atoms with Gasteiger partial charge in [-0.15, -0.1) is 11.3 Å². The second-order valence-corrected chi connectivity index (χ2v) is 40.3. The summed E-state index contributed by atoms with van der Waals surface area (Å²) in [5.41, 5.74) is 25.8. The van der Waals surface area contributed by atoms with E-state index in [1.54, 1.807) is 11.3 Å². The maximum Gasteiger partial charge on any atom is 0.233 e. The molecule has 0 atom stereocenters. The summed E-state index contributed by atoms with van der Waals surface area (Å²) in [6.45, 7) is 0. The van der Waals surface area contributed by atoms with E-state index in [-0.39, 0.29) is 0 Å². The molecule has 0 bridgehead atoms. The Kier molecular flexibility index (Phi) is 16.4. The van der Waals surface area contributed by atoms with Crippen LogP contribution in [0.1, 0.15) is 0 Å². The van der Waals surface area contributed by atoms with Gasteiger partial charge in [0.25, 0.3) is 0 Å². The Morgan fingerprint density at radius 1 is 0.174 bits per heavy atom. The first-order chi connectivity index (χ1) is 73.9. The van der Waals surface area contributed by atoms with Crippen LogP contribution in [0.15, 0.2) is 458 Å². The van der Waals surface area contributed by atoms with Crippen molar-refractivity contribution in [3.8, 4) is 62.7 Å². The zero-order chi connectivity index (χ0) is 96.8. The molecule has 21 aromatic carbocycles. The van der Waals surface area contributed by atoms with Crippen LogP contribution in [0.5, 0.6) is 0 Å². The Bertz CT molecular complexity index is 11700. The summed E-state index contributed by atoms with van der Waals surface area (Å²) in [6.07, 6.45) is 0. The van der Waals surface area contributed by atoms with Gasteiger partial charge in [0, 0.05) is 135 Å². The molecule has 15 heteroatoms. The third-order valence-electron chi connectivity index (χ3n) is 31.6. The number of rotatable bonds is 7. The summed E-state index contributed by atoms with van der Waals surface area (Å²) in [5.74, 6) is 4.52. The lowest BCUT2D eigenvalue weighted by Crippen LogP contribution is -2.02. The van der Waals surface area contributed by atoms with Crippen LogP contribution < -0.4 is 0 Å². The molecule has 0 spiro atoms. The number of furan rings is 2. The van der Waals surface area contributed by atoms with Crippen LogP contribution in [-0.2, 0) is 0 Å². The Morgan fingerprint density at radius 3 is 0.872 bits per heavy atom. The van der Waals surface area contributed by atoms with Crippen LogP contribution in [0, 0.1) is 0 Å². The highest BCUT2D eigenvalue weighted by Crippen LogP contribution is 2.54. The van der Waals surface area contributed by atoms with Gasteiger partial charge in [-0.3, -0.25) is 13.7 Å². The van der Waals surface area contributed by atoms with Crippen LogP contribution in [-0.4, -0.2) is 56.8 Å². The zero-order valence-electron chi connectivity index (χ0n) is 79.3. The van der Waals surface area contributed by atoms with Gasteiger partial charge < -0.3 is 22.0 Å². The van der Waals surface area contributed by atoms with Crippen molar-refractivity contribution in [2.45, 2.75) is 0 Å². The van der Waals surface area contributed by atoms with E-state index in [0.29, 0.717) is 23.1 Å². The third-order valence-corrected chi connectivity index (χ3v) is 32.6. The monoisotopic (exact) mass is 1910 g/mol. The van der Waals surface area contributed by atoms with Crippen LogP contribution in [0.25, 0.3) is 328 Å². The number of thiophene rings is 1. The van der Waals surface area contributed by atoms with Crippen molar-refractivity contribution in [3.05, 3.63) is 449 Å². The van der Waals surface area contributed by atoms with E-state index in [1.165, 1.54) is 178 Å². The lowest BCUT2D eigenvalue weighted by molar-refractivity contribution is 0.652. The lowest BCUT2D eigenvalue weighted by Gasteiger charge is -2.12. The van der Waals surface area contributed by atoms with Crippen molar-refractivity contribution >= 4 is 277 Å². The number of benzene rings is 21. The number of aromatic nitrogens is 12. The zero-order valence-corrected chi connectivity index (χ0v) is 80.1.